The molecule has 59 heavy (non-hydrogen) atoms. The summed E-state index contributed by atoms with van der Waals surface area (Å²) in [5, 5.41) is 4.90. The Morgan fingerprint density at radius 1 is 0.627 bits per heavy atom. The van der Waals surface area contributed by atoms with Crippen LogP contribution in [0.25, 0.3) is 0 Å². The molecule has 2 aliphatic heterocycles. The van der Waals surface area contributed by atoms with Crippen LogP contribution in [0.5, 0.6) is 0 Å². The fourth-order valence-corrected chi connectivity index (χ4v) is 5.95. The average molecular weight is 838 g/mol. The zero-order chi connectivity index (χ0) is 42.3. The van der Waals surface area contributed by atoms with Crippen LogP contribution < -0.4 is 10.6 Å². The molecule has 0 aliphatic carbocycles. The highest BCUT2D eigenvalue weighted by Crippen LogP contribution is 2.32. The molecular weight excluding hydrogens is 774 g/mol. The van der Waals surface area contributed by atoms with Gasteiger partial charge in [-0.15, -0.1) is 0 Å². The molecule has 18 nitrogen and oxygen atoms in total. The summed E-state index contributed by atoms with van der Waals surface area (Å²) in [6.45, 7) is 9.57. The zero-order valence-electron chi connectivity index (χ0n) is 34.5. The summed E-state index contributed by atoms with van der Waals surface area (Å²) in [5.74, 6) is -2.90. The van der Waals surface area contributed by atoms with Crippen LogP contribution in [-0.4, -0.2) is 159 Å². The first-order valence-electron chi connectivity index (χ1n) is 20.8. The van der Waals surface area contributed by atoms with Crippen LogP contribution in [-0.2, 0) is 61.8 Å². The minimum Gasteiger partial charge on any atom is -0.463 e. The molecule has 2 heterocycles. The number of nitrogens with zero attached hydrogens (tertiary/aromatic N) is 1. The van der Waals surface area contributed by atoms with Crippen LogP contribution in [0.2, 0.25) is 0 Å². The Labute approximate surface area is 346 Å². The molecule has 1 aromatic rings. The van der Waals surface area contributed by atoms with Crippen LogP contribution in [0.4, 0.5) is 5.69 Å². The summed E-state index contributed by atoms with van der Waals surface area (Å²) in [6, 6.07) is 3.52. The number of hydrogen-bond donors (Lipinski definition) is 2. The number of benzene rings is 1. The van der Waals surface area contributed by atoms with E-state index in [2.05, 4.69) is 17.6 Å². The topological polar surface area (TPSA) is 213 Å². The van der Waals surface area contributed by atoms with Gasteiger partial charge in [0.2, 0.25) is 17.7 Å². The van der Waals surface area contributed by atoms with E-state index in [1.165, 1.54) is 6.07 Å². The number of anilines is 1. The van der Waals surface area contributed by atoms with E-state index in [1.54, 1.807) is 12.1 Å². The second kappa shape index (κ2) is 31.1. The van der Waals surface area contributed by atoms with Crippen LogP contribution >= 0.6 is 0 Å². The van der Waals surface area contributed by atoms with E-state index in [-0.39, 0.29) is 54.6 Å². The van der Waals surface area contributed by atoms with Gasteiger partial charge < -0.3 is 47.9 Å². The molecule has 3 rings (SSSR count). The molecule has 5 amide bonds. The molecule has 1 fully saturated rings. The van der Waals surface area contributed by atoms with Gasteiger partial charge in [0, 0.05) is 25.9 Å². The third kappa shape index (κ3) is 20.3. The van der Waals surface area contributed by atoms with E-state index < -0.39 is 29.7 Å². The van der Waals surface area contributed by atoms with Crippen molar-refractivity contribution in [1.29, 1.82) is 0 Å². The average Bonchev–Trinajstić information content (AvgIpc) is 3.47. The lowest BCUT2D eigenvalue weighted by Gasteiger charge is -2.27. The Hall–Kier alpha value is -3.88. The lowest BCUT2D eigenvalue weighted by Crippen LogP contribution is -2.54. The third-order valence-corrected chi connectivity index (χ3v) is 9.01. The van der Waals surface area contributed by atoms with E-state index in [1.807, 2.05) is 0 Å². The number of carbonyl (C=O) groups is 6. The first-order valence-corrected chi connectivity index (χ1v) is 20.8. The van der Waals surface area contributed by atoms with Crippen LogP contribution in [0.3, 0.4) is 0 Å². The number of hydrogen-bond acceptors (Lipinski definition) is 15. The van der Waals surface area contributed by atoms with Gasteiger partial charge in [-0.3, -0.25) is 39.0 Å². The number of fused-ring (bicyclic) bond motifs is 1. The highest BCUT2D eigenvalue weighted by molar-refractivity contribution is 6.26. The Kier molecular flexibility index (Phi) is 26.0. The Morgan fingerprint density at radius 2 is 1.14 bits per heavy atom. The molecule has 1 saturated heterocycles. The lowest BCUT2D eigenvalue weighted by atomic mass is 10.0. The van der Waals surface area contributed by atoms with Crippen molar-refractivity contribution in [2.24, 2.45) is 0 Å². The summed E-state index contributed by atoms with van der Waals surface area (Å²) >= 11 is 0. The smallest absolute Gasteiger partial charge is 0.305 e. The molecule has 2 aliphatic rings. The zero-order valence-corrected chi connectivity index (χ0v) is 34.5. The van der Waals surface area contributed by atoms with Crippen molar-refractivity contribution < 1.29 is 71.4 Å². The third-order valence-electron chi connectivity index (χ3n) is 9.01. The maximum absolute atomic E-state index is 13.2. The highest BCUT2D eigenvalue weighted by atomic mass is 16.6. The molecule has 0 saturated carbocycles. The van der Waals surface area contributed by atoms with Gasteiger partial charge in [0.05, 0.1) is 116 Å². The monoisotopic (exact) mass is 837 g/mol. The molecule has 1 atom stereocenters. The number of esters is 1. The largest absolute Gasteiger partial charge is 0.463 e. The number of carbonyl (C=O) groups excluding carboxylic acids is 6. The van der Waals surface area contributed by atoms with Gasteiger partial charge in [-0.2, -0.15) is 0 Å². The van der Waals surface area contributed by atoms with Gasteiger partial charge in [-0.1, -0.05) is 32.3 Å². The molecule has 0 aromatic heterocycles. The number of imide groups is 2. The highest BCUT2D eigenvalue weighted by Gasteiger charge is 2.45. The summed E-state index contributed by atoms with van der Waals surface area (Å²) < 4.78 is 49.0. The quantitative estimate of drug-likeness (QED) is 0.0565. The van der Waals surface area contributed by atoms with Crippen LogP contribution in [0.1, 0.15) is 91.8 Å². The van der Waals surface area contributed by atoms with Crippen molar-refractivity contribution in [2.45, 2.75) is 77.2 Å². The van der Waals surface area contributed by atoms with Crippen LogP contribution in [0.15, 0.2) is 18.2 Å². The van der Waals surface area contributed by atoms with E-state index in [0.717, 1.165) is 37.0 Å². The Balaban J connectivity index is 1.02. The molecule has 2 N–H and O–H groups in total. The molecule has 1 aromatic carbocycles. The summed E-state index contributed by atoms with van der Waals surface area (Å²) in [6.07, 6.45) is 5.87. The molecule has 0 radical (unpaired) electrons. The van der Waals surface area contributed by atoms with Gasteiger partial charge >= 0.3 is 5.97 Å². The molecule has 0 spiro atoms. The van der Waals surface area contributed by atoms with E-state index >= 15 is 0 Å². The van der Waals surface area contributed by atoms with E-state index in [4.69, 9.17) is 42.6 Å². The number of rotatable bonds is 36. The minimum atomic E-state index is -1.08. The number of ether oxygens (including phenoxy) is 9. The number of piperidine rings is 1. The van der Waals surface area contributed by atoms with Crippen molar-refractivity contribution >= 4 is 41.2 Å². The number of nitrogens with one attached hydrogen (secondary N) is 2. The SMILES string of the molecule is CCCCCC(=O)OCCOCCOCCOCCOCCOCCOCCOCCOCCCCCC(=O)Nc1cccc2c1C(=O)N(C1CCC(=O)NC1=O)C2=O. The first-order chi connectivity index (χ1) is 28.8. The standard InChI is InChI=1S/C41H63N3O15/c1-2-3-5-12-37(47)59-31-30-58-29-28-57-27-26-56-25-24-55-23-22-54-21-20-53-19-18-52-17-16-51-15-7-4-6-11-35(45)42-33-10-8-9-32-38(33)41(50)44(40(32)49)34-13-14-36(46)43-39(34)48/h8-10,34H,2-7,11-31H2,1H3,(H,42,45)(H,43,46,48). The predicted octanol–water partition coefficient (Wildman–Crippen LogP) is 2.84. The Morgan fingerprint density at radius 3 is 1.66 bits per heavy atom. The first kappa shape index (κ1) is 49.5. The number of unbranched alkanes of at least 4 members (excludes halogenated alkanes) is 4. The Bertz CT molecular complexity index is 1430. The minimum absolute atomic E-state index is 0.0265. The van der Waals surface area contributed by atoms with E-state index in [0.29, 0.717) is 119 Å². The predicted molar refractivity (Wildman–Crippen MR) is 212 cm³/mol. The lowest BCUT2D eigenvalue weighted by molar-refractivity contribution is -0.145. The van der Waals surface area contributed by atoms with Gasteiger partial charge in [-0.05, 0) is 37.8 Å². The van der Waals surface area contributed by atoms with Gasteiger partial charge in [0.15, 0.2) is 0 Å². The maximum Gasteiger partial charge on any atom is 0.305 e. The van der Waals surface area contributed by atoms with Crippen molar-refractivity contribution in [1.82, 2.24) is 10.2 Å². The van der Waals surface area contributed by atoms with Crippen molar-refractivity contribution in [3.63, 3.8) is 0 Å². The van der Waals surface area contributed by atoms with Gasteiger partial charge in [-0.25, -0.2) is 0 Å². The summed E-state index contributed by atoms with van der Waals surface area (Å²) in [5.41, 5.74) is 0.376. The molecule has 18 heteroatoms. The second-order valence-corrected chi connectivity index (χ2v) is 13.6. The van der Waals surface area contributed by atoms with E-state index in [9.17, 15) is 28.8 Å². The molecule has 1 unspecified atom stereocenters. The van der Waals surface area contributed by atoms with Crippen molar-refractivity contribution in [2.75, 3.05) is 118 Å². The maximum atomic E-state index is 13.2. The fraction of sp³-hybridized carbons (Fsp3) is 0.707. The summed E-state index contributed by atoms with van der Waals surface area (Å²) in [7, 11) is 0. The van der Waals surface area contributed by atoms with Crippen molar-refractivity contribution in [3.05, 3.63) is 29.3 Å². The molecule has 0 bridgehead atoms. The normalized spacial score (nSPS) is 15.1. The molecular formula is C41H63N3O15. The van der Waals surface area contributed by atoms with Gasteiger partial charge in [0.25, 0.3) is 11.8 Å². The fourth-order valence-electron chi connectivity index (χ4n) is 5.95. The van der Waals surface area contributed by atoms with Gasteiger partial charge in [0.1, 0.15) is 12.6 Å². The second-order valence-electron chi connectivity index (χ2n) is 13.6. The summed E-state index contributed by atoms with van der Waals surface area (Å²) in [4.78, 5) is 75.0. The molecule has 332 valence electrons. The van der Waals surface area contributed by atoms with Crippen molar-refractivity contribution in [3.8, 4) is 0 Å². The number of amides is 5. The van der Waals surface area contributed by atoms with Crippen LogP contribution in [0, 0.1) is 0 Å².